The number of amides is 1. The Labute approximate surface area is 202 Å². The van der Waals surface area contributed by atoms with Crippen LogP contribution in [0.5, 0.6) is 0 Å². The summed E-state index contributed by atoms with van der Waals surface area (Å²) < 4.78 is 0. The fourth-order valence-corrected chi connectivity index (χ4v) is 5.27. The maximum absolute atomic E-state index is 12.8. The second-order valence-corrected chi connectivity index (χ2v) is 10.1. The second-order valence-electron chi connectivity index (χ2n) is 10.1. The largest absolute Gasteiger partial charge is 0.392 e. The number of carbonyl (C=O) groups excluding carboxylic acids is 1. The standard InChI is InChI=1S/C30H34N2O2/c1-20(2)22-8-10-23(11-9-22)25-14-15-28-29(16-25)31(17-26-6-4-5-7-27(26)19-33)18-30(24-12-13-24)32(28)21(3)34/h4-11,14-16,20,24,30,33H,12-13,17-19H2,1-3H3. The van der Waals surface area contributed by atoms with Crippen LogP contribution in [0, 0.1) is 5.92 Å². The Morgan fingerprint density at radius 3 is 2.24 bits per heavy atom. The molecule has 1 atom stereocenters. The van der Waals surface area contributed by atoms with Gasteiger partial charge >= 0.3 is 0 Å². The Kier molecular flexibility index (Phi) is 6.18. The van der Waals surface area contributed by atoms with Crippen LogP contribution >= 0.6 is 0 Å². The van der Waals surface area contributed by atoms with E-state index in [4.69, 9.17) is 0 Å². The molecule has 1 saturated carbocycles. The van der Waals surface area contributed by atoms with E-state index in [2.05, 4.69) is 67.3 Å². The molecule has 1 aliphatic heterocycles. The number of benzene rings is 3. The Hall–Kier alpha value is -3.11. The van der Waals surface area contributed by atoms with E-state index in [1.807, 2.05) is 23.1 Å². The highest BCUT2D eigenvalue weighted by atomic mass is 16.3. The van der Waals surface area contributed by atoms with Gasteiger partial charge in [-0.3, -0.25) is 4.79 Å². The summed E-state index contributed by atoms with van der Waals surface area (Å²) in [6.45, 7) is 7.67. The van der Waals surface area contributed by atoms with Gasteiger partial charge in [0.05, 0.1) is 24.0 Å². The molecule has 176 valence electrons. The number of carbonyl (C=O) groups is 1. The van der Waals surface area contributed by atoms with Crippen molar-refractivity contribution in [1.29, 1.82) is 0 Å². The fourth-order valence-electron chi connectivity index (χ4n) is 5.27. The molecule has 34 heavy (non-hydrogen) atoms. The molecular weight excluding hydrogens is 420 g/mol. The number of anilines is 2. The summed E-state index contributed by atoms with van der Waals surface area (Å²) >= 11 is 0. The van der Waals surface area contributed by atoms with Gasteiger partial charge in [0.1, 0.15) is 0 Å². The van der Waals surface area contributed by atoms with Crippen molar-refractivity contribution in [3.63, 3.8) is 0 Å². The van der Waals surface area contributed by atoms with Crippen LogP contribution in [0.1, 0.15) is 56.2 Å². The van der Waals surface area contributed by atoms with Crippen molar-refractivity contribution in [2.24, 2.45) is 5.92 Å². The van der Waals surface area contributed by atoms with E-state index in [0.717, 1.165) is 34.6 Å². The zero-order valence-corrected chi connectivity index (χ0v) is 20.4. The van der Waals surface area contributed by atoms with E-state index >= 15 is 0 Å². The molecule has 2 aliphatic rings. The quantitative estimate of drug-likeness (QED) is 0.488. The predicted octanol–water partition coefficient (Wildman–Crippen LogP) is 6.12. The molecule has 0 bridgehead atoms. The summed E-state index contributed by atoms with van der Waals surface area (Å²) in [5.41, 5.74) is 7.85. The number of hydrogen-bond acceptors (Lipinski definition) is 3. The zero-order chi connectivity index (χ0) is 23.8. The summed E-state index contributed by atoms with van der Waals surface area (Å²) in [5.74, 6) is 1.18. The fraction of sp³-hybridized carbons (Fsp3) is 0.367. The van der Waals surface area contributed by atoms with Gasteiger partial charge in [-0.05, 0) is 64.6 Å². The van der Waals surface area contributed by atoms with Crippen LogP contribution in [0.2, 0.25) is 0 Å². The van der Waals surface area contributed by atoms with Gasteiger partial charge in [-0.25, -0.2) is 0 Å². The molecule has 0 radical (unpaired) electrons. The van der Waals surface area contributed by atoms with Crippen LogP contribution in [-0.4, -0.2) is 23.6 Å². The van der Waals surface area contributed by atoms with Crippen LogP contribution in [0.4, 0.5) is 11.4 Å². The molecule has 1 unspecified atom stereocenters. The van der Waals surface area contributed by atoms with E-state index in [0.29, 0.717) is 18.4 Å². The van der Waals surface area contributed by atoms with Gasteiger partial charge < -0.3 is 14.9 Å². The molecule has 5 rings (SSSR count). The van der Waals surface area contributed by atoms with Crippen molar-refractivity contribution in [2.45, 2.75) is 58.7 Å². The minimum atomic E-state index is 0.0325. The molecule has 0 saturated heterocycles. The summed E-state index contributed by atoms with van der Waals surface area (Å²) in [6, 6.07) is 23.6. The first-order valence-corrected chi connectivity index (χ1v) is 12.4. The lowest BCUT2D eigenvalue weighted by molar-refractivity contribution is -0.117. The van der Waals surface area contributed by atoms with Crippen molar-refractivity contribution in [1.82, 2.24) is 0 Å². The van der Waals surface area contributed by atoms with Gasteiger partial charge in [-0.2, -0.15) is 0 Å². The average molecular weight is 455 g/mol. The highest BCUT2D eigenvalue weighted by molar-refractivity contribution is 5.98. The third kappa shape index (κ3) is 4.35. The topological polar surface area (TPSA) is 43.8 Å². The van der Waals surface area contributed by atoms with Gasteiger partial charge in [0, 0.05) is 20.0 Å². The smallest absolute Gasteiger partial charge is 0.224 e. The van der Waals surface area contributed by atoms with Gasteiger partial charge in [0.25, 0.3) is 0 Å². The minimum Gasteiger partial charge on any atom is -0.392 e. The van der Waals surface area contributed by atoms with Crippen molar-refractivity contribution in [3.8, 4) is 11.1 Å². The third-order valence-electron chi connectivity index (χ3n) is 7.38. The monoisotopic (exact) mass is 454 g/mol. The second kappa shape index (κ2) is 9.27. The van der Waals surface area contributed by atoms with Crippen LogP contribution in [0.15, 0.2) is 66.7 Å². The van der Waals surface area contributed by atoms with Gasteiger partial charge in [-0.1, -0.05) is 68.4 Å². The SMILES string of the molecule is CC(=O)N1c2ccc(-c3ccc(C(C)C)cc3)cc2N(Cc2ccccc2CO)CC1C1CC1. The number of aliphatic hydroxyl groups excluding tert-OH is 1. The molecule has 1 N–H and O–H groups in total. The number of nitrogens with zero attached hydrogens (tertiary/aromatic N) is 2. The molecule has 1 fully saturated rings. The van der Waals surface area contributed by atoms with Crippen molar-refractivity contribution < 1.29 is 9.90 Å². The molecule has 1 amide bonds. The molecule has 1 aliphatic carbocycles. The number of aliphatic hydroxyl groups is 1. The Morgan fingerprint density at radius 1 is 0.941 bits per heavy atom. The van der Waals surface area contributed by atoms with E-state index in [-0.39, 0.29) is 18.6 Å². The normalized spacial score (nSPS) is 17.7. The first-order valence-electron chi connectivity index (χ1n) is 12.4. The summed E-state index contributed by atoms with van der Waals surface area (Å²) in [5, 5.41) is 9.89. The van der Waals surface area contributed by atoms with Gasteiger partial charge in [0.15, 0.2) is 0 Å². The molecule has 0 aromatic heterocycles. The molecular formula is C30H34N2O2. The molecule has 4 nitrogen and oxygen atoms in total. The van der Waals surface area contributed by atoms with E-state index < -0.39 is 0 Å². The molecule has 3 aromatic rings. The third-order valence-corrected chi connectivity index (χ3v) is 7.38. The zero-order valence-electron chi connectivity index (χ0n) is 20.4. The lowest BCUT2D eigenvalue weighted by Crippen LogP contribution is -2.52. The van der Waals surface area contributed by atoms with E-state index in [1.165, 1.54) is 24.0 Å². The van der Waals surface area contributed by atoms with E-state index in [9.17, 15) is 9.90 Å². The molecule has 4 heteroatoms. The highest BCUT2D eigenvalue weighted by Crippen LogP contribution is 2.45. The number of fused-ring (bicyclic) bond motifs is 1. The average Bonchev–Trinajstić information content (AvgIpc) is 3.69. The van der Waals surface area contributed by atoms with Crippen molar-refractivity contribution in [2.75, 3.05) is 16.3 Å². The van der Waals surface area contributed by atoms with Crippen LogP contribution in [0.3, 0.4) is 0 Å². The van der Waals surface area contributed by atoms with Gasteiger partial charge in [-0.15, -0.1) is 0 Å². The Bertz CT molecular complexity index is 1180. The Morgan fingerprint density at radius 2 is 1.62 bits per heavy atom. The highest BCUT2D eigenvalue weighted by Gasteiger charge is 2.42. The maximum atomic E-state index is 12.8. The van der Waals surface area contributed by atoms with Crippen LogP contribution < -0.4 is 9.80 Å². The molecule has 3 aromatic carbocycles. The minimum absolute atomic E-state index is 0.0325. The van der Waals surface area contributed by atoms with Crippen molar-refractivity contribution in [3.05, 3.63) is 83.4 Å². The Balaban J connectivity index is 1.57. The van der Waals surface area contributed by atoms with E-state index in [1.54, 1.807) is 6.92 Å². The summed E-state index contributed by atoms with van der Waals surface area (Å²) in [7, 11) is 0. The van der Waals surface area contributed by atoms with Crippen molar-refractivity contribution >= 4 is 17.3 Å². The first kappa shape index (κ1) is 22.7. The van der Waals surface area contributed by atoms with Crippen LogP contribution in [0.25, 0.3) is 11.1 Å². The predicted molar refractivity (Wildman–Crippen MR) is 139 cm³/mol. The number of hydrogen-bond donors (Lipinski definition) is 1. The lowest BCUT2D eigenvalue weighted by atomic mass is 9.96. The lowest BCUT2D eigenvalue weighted by Gasteiger charge is -2.44. The van der Waals surface area contributed by atoms with Crippen LogP contribution in [-0.2, 0) is 17.9 Å². The molecule has 1 heterocycles. The summed E-state index contributed by atoms with van der Waals surface area (Å²) in [6.07, 6.45) is 2.37. The van der Waals surface area contributed by atoms with Gasteiger partial charge in [0.2, 0.25) is 5.91 Å². The summed E-state index contributed by atoms with van der Waals surface area (Å²) in [4.78, 5) is 17.2. The first-order chi connectivity index (χ1) is 16.5. The molecule has 0 spiro atoms. The number of rotatable bonds is 6. The maximum Gasteiger partial charge on any atom is 0.224 e.